The number of hydrogen-bond acceptors (Lipinski definition) is 3. The average Bonchev–Trinajstić information content (AvgIpc) is 2.44. The van der Waals surface area contributed by atoms with E-state index in [1.807, 2.05) is 12.3 Å². The van der Waals surface area contributed by atoms with Crippen molar-refractivity contribution in [3.05, 3.63) is 30.1 Å². The summed E-state index contributed by atoms with van der Waals surface area (Å²) in [4.78, 5) is 7.03. The highest BCUT2D eigenvalue weighted by molar-refractivity contribution is 5.04. The van der Waals surface area contributed by atoms with Gasteiger partial charge in [-0.3, -0.25) is 9.88 Å². The van der Waals surface area contributed by atoms with Crippen LogP contribution >= 0.6 is 0 Å². The Morgan fingerprint density at radius 2 is 2.21 bits per heavy atom. The molecule has 1 aromatic rings. The molecule has 0 spiro atoms. The molecular formula is C16H27N3. The van der Waals surface area contributed by atoms with Crippen molar-refractivity contribution in [3.8, 4) is 0 Å². The van der Waals surface area contributed by atoms with Gasteiger partial charge in [-0.15, -0.1) is 0 Å². The summed E-state index contributed by atoms with van der Waals surface area (Å²) in [6.07, 6.45) is 4.21. The van der Waals surface area contributed by atoms with Gasteiger partial charge in [-0.1, -0.05) is 19.9 Å². The maximum absolute atomic E-state index is 4.41. The van der Waals surface area contributed by atoms with Crippen molar-refractivity contribution < 1.29 is 0 Å². The zero-order chi connectivity index (χ0) is 13.7. The fraction of sp³-hybridized carbons (Fsp3) is 0.688. The second kappa shape index (κ2) is 7.01. The molecule has 0 saturated carbocycles. The zero-order valence-electron chi connectivity index (χ0n) is 12.5. The molecule has 0 bridgehead atoms. The molecule has 3 nitrogen and oxygen atoms in total. The van der Waals surface area contributed by atoms with Gasteiger partial charge < -0.3 is 5.32 Å². The van der Waals surface area contributed by atoms with Crippen LogP contribution in [0.15, 0.2) is 24.4 Å². The summed E-state index contributed by atoms with van der Waals surface area (Å²) in [5.41, 5.74) is 1.20. The largest absolute Gasteiger partial charge is 0.314 e. The van der Waals surface area contributed by atoms with E-state index in [1.165, 1.54) is 18.7 Å². The molecule has 0 aliphatic carbocycles. The first-order chi connectivity index (χ1) is 9.22. The molecule has 3 atom stereocenters. The normalized spacial score (nSPS) is 28.5. The first-order valence-corrected chi connectivity index (χ1v) is 7.59. The third-order valence-electron chi connectivity index (χ3n) is 4.55. The predicted molar refractivity (Wildman–Crippen MR) is 80.2 cm³/mol. The molecule has 1 aliphatic rings. The number of rotatable bonds is 5. The molecule has 1 aromatic heterocycles. The number of nitrogens with zero attached hydrogens (tertiary/aromatic N) is 2. The van der Waals surface area contributed by atoms with Gasteiger partial charge in [0, 0.05) is 36.9 Å². The number of pyridine rings is 1. The molecule has 1 saturated heterocycles. The Morgan fingerprint density at radius 3 is 2.89 bits per heavy atom. The highest BCUT2D eigenvalue weighted by Crippen LogP contribution is 2.23. The minimum atomic E-state index is 0.654. The van der Waals surface area contributed by atoms with Crippen molar-refractivity contribution in [3.63, 3.8) is 0 Å². The zero-order valence-corrected chi connectivity index (χ0v) is 12.5. The minimum absolute atomic E-state index is 0.654. The van der Waals surface area contributed by atoms with Crippen molar-refractivity contribution >= 4 is 0 Å². The third kappa shape index (κ3) is 3.77. The molecule has 0 amide bonds. The number of aromatic nitrogens is 1. The number of likely N-dealkylation sites (tertiary alicyclic amines) is 1. The van der Waals surface area contributed by atoms with Gasteiger partial charge in [-0.25, -0.2) is 0 Å². The van der Waals surface area contributed by atoms with Crippen molar-refractivity contribution in [2.75, 3.05) is 19.6 Å². The quantitative estimate of drug-likeness (QED) is 0.882. The minimum Gasteiger partial charge on any atom is -0.314 e. The summed E-state index contributed by atoms with van der Waals surface area (Å²) in [5, 5.41) is 3.62. The summed E-state index contributed by atoms with van der Waals surface area (Å²) in [5.74, 6) is 0.720. The second-order valence-corrected chi connectivity index (χ2v) is 5.66. The molecule has 19 heavy (non-hydrogen) atoms. The molecular weight excluding hydrogens is 234 g/mol. The summed E-state index contributed by atoms with van der Waals surface area (Å²) >= 11 is 0. The Bertz CT molecular complexity index is 366. The van der Waals surface area contributed by atoms with Crippen molar-refractivity contribution in [2.45, 2.75) is 45.7 Å². The average molecular weight is 261 g/mol. The van der Waals surface area contributed by atoms with E-state index in [2.05, 4.69) is 48.1 Å². The lowest BCUT2D eigenvalue weighted by Crippen LogP contribution is -2.53. The van der Waals surface area contributed by atoms with Crippen LogP contribution in [-0.4, -0.2) is 41.6 Å². The van der Waals surface area contributed by atoms with Crippen LogP contribution in [0.1, 0.15) is 32.9 Å². The summed E-state index contributed by atoms with van der Waals surface area (Å²) < 4.78 is 0. The molecule has 2 rings (SSSR count). The molecule has 106 valence electrons. The Labute approximate surface area is 117 Å². The van der Waals surface area contributed by atoms with Gasteiger partial charge in [-0.05, 0) is 44.5 Å². The Hall–Kier alpha value is -0.930. The van der Waals surface area contributed by atoms with E-state index in [9.17, 15) is 0 Å². The molecule has 0 radical (unpaired) electrons. The monoisotopic (exact) mass is 261 g/mol. The van der Waals surface area contributed by atoms with Crippen LogP contribution in [0, 0.1) is 5.92 Å². The van der Waals surface area contributed by atoms with Gasteiger partial charge in [0.05, 0.1) is 0 Å². The van der Waals surface area contributed by atoms with Gasteiger partial charge in [0.2, 0.25) is 0 Å². The molecule has 1 fully saturated rings. The van der Waals surface area contributed by atoms with Crippen LogP contribution < -0.4 is 5.32 Å². The summed E-state index contributed by atoms with van der Waals surface area (Å²) in [7, 11) is 0. The fourth-order valence-electron chi connectivity index (χ4n) is 3.11. The van der Waals surface area contributed by atoms with Gasteiger partial charge in [-0.2, -0.15) is 0 Å². The van der Waals surface area contributed by atoms with Gasteiger partial charge in [0.1, 0.15) is 0 Å². The Morgan fingerprint density at radius 1 is 1.37 bits per heavy atom. The molecule has 1 aliphatic heterocycles. The molecule has 1 N–H and O–H groups in total. The van der Waals surface area contributed by atoms with Crippen molar-refractivity contribution in [2.24, 2.45) is 5.92 Å². The predicted octanol–water partition coefficient (Wildman–Crippen LogP) is 2.33. The topological polar surface area (TPSA) is 28.2 Å². The SMILES string of the molecule is CCNC1CCN(CCc2ccccn2)C(C)C1C. The Kier molecular flexibility index (Phi) is 5.34. The summed E-state index contributed by atoms with van der Waals surface area (Å²) in [6, 6.07) is 7.52. The van der Waals surface area contributed by atoms with E-state index < -0.39 is 0 Å². The highest BCUT2D eigenvalue weighted by Gasteiger charge is 2.31. The van der Waals surface area contributed by atoms with Gasteiger partial charge in [0.15, 0.2) is 0 Å². The summed E-state index contributed by atoms with van der Waals surface area (Å²) in [6.45, 7) is 10.4. The molecule has 3 unspecified atom stereocenters. The van der Waals surface area contributed by atoms with E-state index in [-0.39, 0.29) is 0 Å². The van der Waals surface area contributed by atoms with Crippen LogP contribution in [0.25, 0.3) is 0 Å². The van der Waals surface area contributed by atoms with Crippen molar-refractivity contribution in [1.29, 1.82) is 0 Å². The lowest BCUT2D eigenvalue weighted by Gasteiger charge is -2.43. The molecule has 3 heteroatoms. The third-order valence-corrected chi connectivity index (χ3v) is 4.55. The van der Waals surface area contributed by atoms with Crippen molar-refractivity contribution in [1.82, 2.24) is 15.2 Å². The molecule has 0 aromatic carbocycles. The lowest BCUT2D eigenvalue weighted by atomic mass is 9.87. The van der Waals surface area contributed by atoms with Gasteiger partial charge >= 0.3 is 0 Å². The van der Waals surface area contributed by atoms with E-state index in [4.69, 9.17) is 0 Å². The first-order valence-electron chi connectivity index (χ1n) is 7.59. The van der Waals surface area contributed by atoms with Crippen LogP contribution in [0.3, 0.4) is 0 Å². The number of nitrogens with one attached hydrogen (secondary N) is 1. The fourth-order valence-corrected chi connectivity index (χ4v) is 3.11. The maximum atomic E-state index is 4.41. The van der Waals surface area contributed by atoms with E-state index in [0.29, 0.717) is 12.1 Å². The highest BCUT2D eigenvalue weighted by atomic mass is 15.2. The lowest BCUT2D eigenvalue weighted by molar-refractivity contribution is 0.0865. The number of hydrogen-bond donors (Lipinski definition) is 1. The van der Waals surface area contributed by atoms with E-state index >= 15 is 0 Å². The van der Waals surface area contributed by atoms with Crippen LogP contribution in [0.2, 0.25) is 0 Å². The van der Waals surface area contributed by atoms with E-state index in [1.54, 1.807) is 0 Å². The Balaban J connectivity index is 1.85. The van der Waals surface area contributed by atoms with Gasteiger partial charge in [0.25, 0.3) is 0 Å². The number of piperidine rings is 1. The second-order valence-electron chi connectivity index (χ2n) is 5.66. The maximum Gasteiger partial charge on any atom is 0.0416 e. The van der Waals surface area contributed by atoms with E-state index in [0.717, 1.165) is 25.4 Å². The van der Waals surface area contributed by atoms with Crippen LogP contribution in [0.5, 0.6) is 0 Å². The smallest absolute Gasteiger partial charge is 0.0416 e. The van der Waals surface area contributed by atoms with Crippen LogP contribution in [0.4, 0.5) is 0 Å². The van der Waals surface area contributed by atoms with Crippen LogP contribution in [-0.2, 0) is 6.42 Å². The standard InChI is InChI=1S/C16H27N3/c1-4-17-16-9-12-19(14(3)13(16)2)11-8-15-7-5-6-10-18-15/h5-7,10,13-14,16-17H,4,8-9,11-12H2,1-3H3. The molecule has 2 heterocycles. The first kappa shape index (κ1) is 14.5.